The molecule has 0 amide bonds. The molecule has 4 aliphatic rings. The van der Waals surface area contributed by atoms with Crippen molar-refractivity contribution in [3.63, 3.8) is 0 Å². The van der Waals surface area contributed by atoms with Crippen LogP contribution < -0.4 is 10.6 Å². The third-order valence-corrected chi connectivity index (χ3v) is 9.50. The summed E-state index contributed by atoms with van der Waals surface area (Å²) in [5.41, 5.74) is 0. The van der Waals surface area contributed by atoms with Gasteiger partial charge in [-0.05, 0) is 75.0 Å². The van der Waals surface area contributed by atoms with Crippen molar-refractivity contribution < 1.29 is 8.42 Å². The topological polar surface area (TPSA) is 70.6 Å². The van der Waals surface area contributed by atoms with Crippen molar-refractivity contribution >= 4 is 39.8 Å². The third-order valence-electron chi connectivity index (χ3n) is 7.66. The number of fused-ring (bicyclic) bond motifs is 2. The van der Waals surface area contributed by atoms with Crippen molar-refractivity contribution in [1.29, 1.82) is 0 Å². The Morgan fingerprint density at radius 3 is 2.32 bits per heavy atom. The molecule has 0 aromatic rings. The molecule has 28 heavy (non-hydrogen) atoms. The second-order valence-corrected chi connectivity index (χ2v) is 11.9. The van der Waals surface area contributed by atoms with Gasteiger partial charge in [0.1, 0.15) is 0 Å². The Morgan fingerprint density at radius 2 is 1.75 bits per heavy atom. The number of rotatable bonds is 5. The minimum atomic E-state index is -2.82. The maximum absolute atomic E-state index is 11.7. The SMILES string of the molecule is CCC1CCC(NC(=NCC2CCS(=O)(=O)C2)NC2CC3CCC2C3)CC1.I. The van der Waals surface area contributed by atoms with Gasteiger partial charge in [-0.15, -0.1) is 24.0 Å². The van der Waals surface area contributed by atoms with Gasteiger partial charge in [-0.3, -0.25) is 4.99 Å². The number of sulfone groups is 1. The summed E-state index contributed by atoms with van der Waals surface area (Å²) in [6.07, 6.45) is 12.6. The van der Waals surface area contributed by atoms with E-state index in [4.69, 9.17) is 4.99 Å². The summed E-state index contributed by atoms with van der Waals surface area (Å²) in [6, 6.07) is 1.08. The molecule has 0 aromatic heterocycles. The smallest absolute Gasteiger partial charge is 0.191 e. The highest BCUT2D eigenvalue weighted by Gasteiger charge is 2.40. The lowest BCUT2D eigenvalue weighted by Gasteiger charge is -2.32. The van der Waals surface area contributed by atoms with E-state index < -0.39 is 9.84 Å². The van der Waals surface area contributed by atoms with E-state index in [0.29, 0.717) is 30.1 Å². The molecule has 1 heterocycles. The first kappa shape index (κ1) is 22.6. The monoisotopic (exact) mass is 523 g/mol. The van der Waals surface area contributed by atoms with Gasteiger partial charge >= 0.3 is 0 Å². The maximum atomic E-state index is 11.7. The van der Waals surface area contributed by atoms with Crippen molar-refractivity contribution in [2.45, 2.75) is 83.2 Å². The lowest BCUT2D eigenvalue weighted by molar-refractivity contribution is 0.301. The maximum Gasteiger partial charge on any atom is 0.191 e. The summed E-state index contributed by atoms with van der Waals surface area (Å²) < 4.78 is 23.5. The fourth-order valence-electron chi connectivity index (χ4n) is 5.87. The van der Waals surface area contributed by atoms with Gasteiger partial charge in [-0.2, -0.15) is 0 Å². The molecule has 2 N–H and O–H groups in total. The number of guanidine groups is 1. The summed E-state index contributed by atoms with van der Waals surface area (Å²) >= 11 is 0. The second-order valence-electron chi connectivity index (χ2n) is 9.65. The Labute approximate surface area is 188 Å². The molecule has 4 fully saturated rings. The summed E-state index contributed by atoms with van der Waals surface area (Å²) in [5.74, 6) is 4.43. The summed E-state index contributed by atoms with van der Waals surface area (Å²) in [6.45, 7) is 2.94. The lowest BCUT2D eigenvalue weighted by Crippen LogP contribution is -2.50. The molecule has 4 atom stereocenters. The highest BCUT2D eigenvalue weighted by molar-refractivity contribution is 14.0. The van der Waals surface area contributed by atoms with Crippen LogP contribution in [0.4, 0.5) is 0 Å². The Bertz CT molecular complexity index is 646. The molecular formula is C21H38IN3O2S. The van der Waals surface area contributed by atoms with E-state index in [1.165, 1.54) is 57.8 Å². The first-order valence-electron chi connectivity index (χ1n) is 11.3. The van der Waals surface area contributed by atoms with Gasteiger partial charge in [-0.1, -0.05) is 19.8 Å². The van der Waals surface area contributed by atoms with Gasteiger partial charge in [0, 0.05) is 18.6 Å². The van der Waals surface area contributed by atoms with Crippen LogP contribution in [0.1, 0.15) is 71.1 Å². The minimum Gasteiger partial charge on any atom is -0.354 e. The molecule has 2 bridgehead atoms. The molecule has 4 rings (SSSR count). The zero-order chi connectivity index (χ0) is 18.9. The van der Waals surface area contributed by atoms with Crippen LogP contribution in [-0.2, 0) is 9.84 Å². The van der Waals surface area contributed by atoms with Gasteiger partial charge in [0.05, 0.1) is 11.5 Å². The first-order chi connectivity index (χ1) is 13.0. The van der Waals surface area contributed by atoms with Crippen molar-refractivity contribution in [3.8, 4) is 0 Å². The number of hydrogen-bond donors (Lipinski definition) is 2. The Kier molecular flexibility index (Phi) is 7.95. The second kappa shape index (κ2) is 9.84. The highest BCUT2D eigenvalue weighted by Crippen LogP contribution is 2.44. The molecule has 0 aromatic carbocycles. The van der Waals surface area contributed by atoms with Crippen LogP contribution in [0.15, 0.2) is 4.99 Å². The van der Waals surface area contributed by atoms with E-state index in [-0.39, 0.29) is 29.9 Å². The van der Waals surface area contributed by atoms with Gasteiger partial charge < -0.3 is 10.6 Å². The molecule has 7 heteroatoms. The fraction of sp³-hybridized carbons (Fsp3) is 0.952. The molecule has 3 saturated carbocycles. The van der Waals surface area contributed by atoms with E-state index in [2.05, 4.69) is 17.6 Å². The largest absolute Gasteiger partial charge is 0.354 e. The average molecular weight is 524 g/mol. The Morgan fingerprint density at radius 1 is 0.964 bits per heavy atom. The number of nitrogens with zero attached hydrogens (tertiary/aromatic N) is 1. The summed E-state index contributed by atoms with van der Waals surface area (Å²) in [4.78, 5) is 4.88. The fourth-order valence-corrected chi connectivity index (χ4v) is 7.72. The Balaban J connectivity index is 0.00000225. The number of hydrogen-bond acceptors (Lipinski definition) is 3. The predicted molar refractivity (Wildman–Crippen MR) is 126 cm³/mol. The van der Waals surface area contributed by atoms with Crippen molar-refractivity contribution in [2.75, 3.05) is 18.1 Å². The molecule has 0 spiro atoms. The van der Waals surface area contributed by atoms with Gasteiger partial charge in [0.2, 0.25) is 0 Å². The first-order valence-corrected chi connectivity index (χ1v) is 13.1. The Hall–Kier alpha value is -0.0500. The summed E-state index contributed by atoms with van der Waals surface area (Å²) in [7, 11) is -2.82. The molecule has 1 aliphatic heterocycles. The minimum absolute atomic E-state index is 0. The molecule has 3 aliphatic carbocycles. The number of nitrogens with one attached hydrogen (secondary N) is 2. The van der Waals surface area contributed by atoms with Crippen LogP contribution in [0.2, 0.25) is 0 Å². The normalized spacial score (nSPS) is 39.5. The van der Waals surface area contributed by atoms with E-state index in [1.54, 1.807) is 0 Å². The molecule has 162 valence electrons. The van der Waals surface area contributed by atoms with E-state index in [1.807, 2.05) is 0 Å². The van der Waals surface area contributed by atoms with Crippen LogP contribution in [-0.4, -0.2) is 44.5 Å². The zero-order valence-corrected chi connectivity index (χ0v) is 20.4. The summed E-state index contributed by atoms with van der Waals surface area (Å²) in [5, 5.41) is 7.48. The van der Waals surface area contributed by atoms with E-state index in [9.17, 15) is 8.42 Å². The highest BCUT2D eigenvalue weighted by atomic mass is 127. The molecule has 1 saturated heterocycles. The molecule has 5 nitrogen and oxygen atoms in total. The van der Waals surface area contributed by atoms with Crippen LogP contribution in [0.3, 0.4) is 0 Å². The van der Waals surface area contributed by atoms with Crippen LogP contribution in [0.25, 0.3) is 0 Å². The van der Waals surface area contributed by atoms with E-state index in [0.717, 1.165) is 30.1 Å². The third kappa shape index (κ3) is 5.76. The quantitative estimate of drug-likeness (QED) is 0.327. The van der Waals surface area contributed by atoms with Gasteiger partial charge in [-0.25, -0.2) is 8.42 Å². The predicted octanol–water partition coefficient (Wildman–Crippen LogP) is 3.73. The zero-order valence-electron chi connectivity index (χ0n) is 17.2. The van der Waals surface area contributed by atoms with Gasteiger partial charge in [0.25, 0.3) is 0 Å². The van der Waals surface area contributed by atoms with E-state index >= 15 is 0 Å². The van der Waals surface area contributed by atoms with Crippen LogP contribution in [0.5, 0.6) is 0 Å². The van der Waals surface area contributed by atoms with Crippen molar-refractivity contribution in [2.24, 2.45) is 28.7 Å². The molecule has 0 radical (unpaired) electrons. The standard InChI is InChI=1S/C21H37N3O2S.HI/c1-2-15-4-7-19(8-5-15)23-21(22-13-17-9-10-27(25,26)14-17)24-20-12-16-3-6-18(20)11-16;/h15-20H,2-14H2,1H3,(H2,22,23,24);1H. The van der Waals surface area contributed by atoms with Crippen molar-refractivity contribution in [3.05, 3.63) is 0 Å². The number of halogens is 1. The van der Waals surface area contributed by atoms with Crippen LogP contribution >= 0.6 is 24.0 Å². The molecule has 4 unspecified atom stereocenters. The van der Waals surface area contributed by atoms with Crippen LogP contribution in [0, 0.1) is 23.7 Å². The average Bonchev–Trinajstić information content (AvgIpc) is 3.36. The lowest BCUT2D eigenvalue weighted by atomic mass is 9.84. The molecular weight excluding hydrogens is 485 g/mol. The van der Waals surface area contributed by atoms with Crippen molar-refractivity contribution in [1.82, 2.24) is 10.6 Å². The number of aliphatic imine (C=N–C) groups is 1. The van der Waals surface area contributed by atoms with Gasteiger partial charge in [0.15, 0.2) is 15.8 Å².